The highest BCUT2D eigenvalue weighted by molar-refractivity contribution is 9.10. The van der Waals surface area contributed by atoms with E-state index in [1.807, 2.05) is 12.3 Å². The summed E-state index contributed by atoms with van der Waals surface area (Å²) in [5.41, 5.74) is 3.33. The van der Waals surface area contributed by atoms with Gasteiger partial charge < -0.3 is 5.32 Å². The molecule has 1 aromatic heterocycles. The Morgan fingerprint density at radius 2 is 2.14 bits per heavy atom. The maximum absolute atomic E-state index is 13.5. The summed E-state index contributed by atoms with van der Waals surface area (Å²) in [5.74, 6) is -0.203. The van der Waals surface area contributed by atoms with Crippen molar-refractivity contribution >= 4 is 15.9 Å². The summed E-state index contributed by atoms with van der Waals surface area (Å²) in [6.45, 7) is 5.14. The number of halogens is 2. The number of nitrogens with zero attached hydrogens (tertiary/aromatic N) is 1. The van der Waals surface area contributed by atoms with E-state index in [-0.39, 0.29) is 11.9 Å². The number of aromatic nitrogens is 1. The predicted molar refractivity (Wildman–Crippen MR) is 87.8 cm³/mol. The van der Waals surface area contributed by atoms with Crippen molar-refractivity contribution in [3.8, 4) is 0 Å². The van der Waals surface area contributed by atoms with E-state index in [2.05, 4.69) is 40.1 Å². The van der Waals surface area contributed by atoms with Gasteiger partial charge in [0.1, 0.15) is 5.82 Å². The van der Waals surface area contributed by atoms with E-state index in [0.29, 0.717) is 0 Å². The van der Waals surface area contributed by atoms with Crippen LogP contribution < -0.4 is 5.32 Å². The quantitative estimate of drug-likeness (QED) is 0.824. The molecule has 1 atom stereocenters. The van der Waals surface area contributed by atoms with Crippen LogP contribution in [0.5, 0.6) is 0 Å². The number of pyridine rings is 1. The van der Waals surface area contributed by atoms with Crippen LogP contribution in [0.25, 0.3) is 0 Å². The van der Waals surface area contributed by atoms with Crippen molar-refractivity contribution in [2.75, 3.05) is 6.54 Å². The highest BCUT2D eigenvalue weighted by Crippen LogP contribution is 2.26. The number of nitrogens with one attached hydrogen (secondary N) is 1. The van der Waals surface area contributed by atoms with Crippen LogP contribution >= 0.6 is 15.9 Å². The standard InChI is InChI=1S/C17H20BrFN2/c1-3-7-21-17(15-11-20-8-6-12(15)2)10-13-9-14(19)4-5-16(13)18/h4-6,8-9,11,17,21H,3,7,10H2,1-2H3. The maximum atomic E-state index is 13.5. The van der Waals surface area contributed by atoms with Gasteiger partial charge >= 0.3 is 0 Å². The Morgan fingerprint density at radius 3 is 2.86 bits per heavy atom. The number of hydrogen-bond acceptors (Lipinski definition) is 2. The number of aryl methyl sites for hydroxylation is 1. The monoisotopic (exact) mass is 350 g/mol. The molecule has 0 aliphatic rings. The molecule has 0 aliphatic heterocycles. The van der Waals surface area contributed by atoms with E-state index in [4.69, 9.17) is 0 Å². The summed E-state index contributed by atoms with van der Waals surface area (Å²) < 4.78 is 14.4. The Balaban J connectivity index is 2.28. The third kappa shape index (κ3) is 4.35. The lowest BCUT2D eigenvalue weighted by Crippen LogP contribution is -2.25. The SMILES string of the molecule is CCCNC(Cc1cc(F)ccc1Br)c1cnccc1C. The summed E-state index contributed by atoms with van der Waals surface area (Å²) in [6, 6.07) is 6.97. The molecule has 2 aromatic rings. The van der Waals surface area contributed by atoms with E-state index in [1.165, 1.54) is 17.2 Å². The van der Waals surface area contributed by atoms with Gasteiger partial charge in [-0.25, -0.2) is 4.39 Å². The van der Waals surface area contributed by atoms with Crippen molar-refractivity contribution in [3.63, 3.8) is 0 Å². The van der Waals surface area contributed by atoms with Gasteiger partial charge in [0.2, 0.25) is 0 Å². The second-order valence-corrected chi connectivity index (χ2v) is 6.03. The smallest absolute Gasteiger partial charge is 0.123 e. The van der Waals surface area contributed by atoms with Crippen LogP contribution in [0.3, 0.4) is 0 Å². The average molecular weight is 351 g/mol. The van der Waals surface area contributed by atoms with E-state index >= 15 is 0 Å². The van der Waals surface area contributed by atoms with Crippen molar-refractivity contribution in [2.45, 2.75) is 32.7 Å². The molecule has 112 valence electrons. The second kappa shape index (κ2) is 7.66. The largest absolute Gasteiger partial charge is 0.310 e. The van der Waals surface area contributed by atoms with Gasteiger partial charge in [-0.15, -0.1) is 0 Å². The molecule has 2 rings (SSSR count). The van der Waals surface area contributed by atoms with Crippen LogP contribution in [-0.2, 0) is 6.42 Å². The topological polar surface area (TPSA) is 24.9 Å². The van der Waals surface area contributed by atoms with Crippen molar-refractivity contribution < 1.29 is 4.39 Å². The van der Waals surface area contributed by atoms with Gasteiger partial charge in [-0.1, -0.05) is 22.9 Å². The fourth-order valence-corrected chi connectivity index (χ4v) is 2.78. The summed E-state index contributed by atoms with van der Waals surface area (Å²) in [7, 11) is 0. The number of benzene rings is 1. The minimum Gasteiger partial charge on any atom is -0.310 e. The molecule has 0 radical (unpaired) electrons. The molecule has 0 amide bonds. The molecule has 0 saturated heterocycles. The zero-order valence-electron chi connectivity index (χ0n) is 12.4. The lowest BCUT2D eigenvalue weighted by Gasteiger charge is -2.21. The molecule has 0 aliphatic carbocycles. The molecular formula is C17H20BrFN2. The molecule has 0 bridgehead atoms. The van der Waals surface area contributed by atoms with Crippen LogP contribution in [0.1, 0.15) is 36.1 Å². The Labute approximate surface area is 133 Å². The Kier molecular flexibility index (Phi) is 5.88. The normalized spacial score (nSPS) is 12.4. The first-order chi connectivity index (χ1) is 10.1. The van der Waals surface area contributed by atoms with E-state index in [9.17, 15) is 4.39 Å². The van der Waals surface area contributed by atoms with Gasteiger partial charge in [-0.3, -0.25) is 4.98 Å². The fourth-order valence-electron chi connectivity index (χ4n) is 2.37. The Hall–Kier alpha value is -1.26. The van der Waals surface area contributed by atoms with Gasteiger partial charge in [-0.05, 0) is 67.3 Å². The van der Waals surface area contributed by atoms with Crippen molar-refractivity contribution in [3.05, 3.63) is 63.6 Å². The van der Waals surface area contributed by atoms with Crippen LogP contribution in [0.2, 0.25) is 0 Å². The van der Waals surface area contributed by atoms with Crippen LogP contribution in [0.4, 0.5) is 4.39 Å². The van der Waals surface area contributed by atoms with E-state index in [0.717, 1.165) is 29.4 Å². The molecule has 1 unspecified atom stereocenters. The first kappa shape index (κ1) is 16.1. The zero-order chi connectivity index (χ0) is 15.2. The van der Waals surface area contributed by atoms with Crippen LogP contribution in [0, 0.1) is 12.7 Å². The van der Waals surface area contributed by atoms with Crippen molar-refractivity contribution in [1.29, 1.82) is 0 Å². The average Bonchev–Trinajstić information content (AvgIpc) is 2.48. The van der Waals surface area contributed by atoms with Gasteiger partial charge in [0.25, 0.3) is 0 Å². The first-order valence-electron chi connectivity index (χ1n) is 7.19. The van der Waals surface area contributed by atoms with E-state index < -0.39 is 0 Å². The minimum absolute atomic E-state index is 0.136. The van der Waals surface area contributed by atoms with Gasteiger partial charge in [0, 0.05) is 22.9 Å². The van der Waals surface area contributed by atoms with Crippen LogP contribution in [0.15, 0.2) is 41.1 Å². The second-order valence-electron chi connectivity index (χ2n) is 5.18. The fraction of sp³-hybridized carbons (Fsp3) is 0.353. The summed E-state index contributed by atoms with van der Waals surface area (Å²) in [4.78, 5) is 4.23. The molecule has 0 saturated carbocycles. The van der Waals surface area contributed by atoms with E-state index in [1.54, 1.807) is 18.3 Å². The molecule has 1 aromatic carbocycles. The minimum atomic E-state index is -0.203. The Bertz CT molecular complexity index is 601. The number of rotatable bonds is 6. The molecule has 1 N–H and O–H groups in total. The highest BCUT2D eigenvalue weighted by Gasteiger charge is 2.16. The first-order valence-corrected chi connectivity index (χ1v) is 7.99. The number of hydrogen-bond donors (Lipinski definition) is 1. The summed E-state index contributed by atoms with van der Waals surface area (Å²) in [5, 5.41) is 3.54. The van der Waals surface area contributed by atoms with Crippen molar-refractivity contribution in [2.24, 2.45) is 0 Å². The molecule has 4 heteroatoms. The summed E-state index contributed by atoms with van der Waals surface area (Å²) in [6.07, 6.45) is 5.48. The third-order valence-corrected chi connectivity index (χ3v) is 4.30. The predicted octanol–water partition coefficient (Wildman–Crippen LogP) is 4.58. The maximum Gasteiger partial charge on any atom is 0.123 e. The Morgan fingerprint density at radius 1 is 1.33 bits per heavy atom. The molecule has 2 nitrogen and oxygen atoms in total. The lowest BCUT2D eigenvalue weighted by atomic mass is 9.97. The van der Waals surface area contributed by atoms with Gasteiger partial charge in [0.15, 0.2) is 0 Å². The third-order valence-electron chi connectivity index (χ3n) is 3.53. The highest BCUT2D eigenvalue weighted by atomic mass is 79.9. The van der Waals surface area contributed by atoms with Crippen LogP contribution in [-0.4, -0.2) is 11.5 Å². The molecule has 21 heavy (non-hydrogen) atoms. The molecular weight excluding hydrogens is 331 g/mol. The van der Waals surface area contributed by atoms with Gasteiger partial charge in [0.05, 0.1) is 0 Å². The van der Waals surface area contributed by atoms with Gasteiger partial charge in [-0.2, -0.15) is 0 Å². The zero-order valence-corrected chi connectivity index (χ0v) is 14.0. The molecule has 0 fully saturated rings. The summed E-state index contributed by atoms with van der Waals surface area (Å²) >= 11 is 3.51. The van der Waals surface area contributed by atoms with Crippen molar-refractivity contribution in [1.82, 2.24) is 10.3 Å². The molecule has 1 heterocycles. The lowest BCUT2D eigenvalue weighted by molar-refractivity contribution is 0.523. The molecule has 0 spiro atoms.